The first-order valence-electron chi connectivity index (χ1n) is 13.6. The molecule has 36 heavy (non-hydrogen) atoms. The Morgan fingerprint density at radius 1 is 1.00 bits per heavy atom. The lowest BCUT2D eigenvalue weighted by Crippen LogP contribution is -2.42. The lowest BCUT2D eigenvalue weighted by Gasteiger charge is -2.40. The summed E-state index contributed by atoms with van der Waals surface area (Å²) < 4.78 is 24.5. The number of benzene rings is 2. The molecule has 6 heteroatoms. The van der Waals surface area contributed by atoms with Crippen molar-refractivity contribution in [1.29, 1.82) is 0 Å². The first-order valence-corrected chi connectivity index (χ1v) is 15.7. The molecule has 0 amide bonds. The Balaban J connectivity index is 1.26. The molecule has 2 aromatic rings. The van der Waals surface area contributed by atoms with Crippen LogP contribution in [0.15, 0.2) is 42.5 Å². The van der Waals surface area contributed by atoms with E-state index in [2.05, 4.69) is 30.0 Å². The average molecular weight is 532 g/mol. The van der Waals surface area contributed by atoms with Gasteiger partial charge in [-0.25, -0.2) is 8.42 Å². The van der Waals surface area contributed by atoms with Gasteiger partial charge in [0.05, 0.1) is 16.6 Å². The molecule has 0 bridgehead atoms. The molecule has 4 nitrogen and oxygen atoms in total. The van der Waals surface area contributed by atoms with Gasteiger partial charge in [-0.05, 0) is 112 Å². The van der Waals surface area contributed by atoms with Crippen molar-refractivity contribution < 1.29 is 13.5 Å². The number of halogens is 1. The Bertz CT molecular complexity index is 1110. The van der Waals surface area contributed by atoms with Gasteiger partial charge in [0.2, 0.25) is 0 Å². The van der Waals surface area contributed by atoms with Crippen LogP contribution in [0.25, 0.3) is 0 Å². The number of aliphatic hydroxyl groups is 1. The first-order chi connectivity index (χ1) is 17.1. The zero-order chi connectivity index (χ0) is 25.9. The van der Waals surface area contributed by atoms with E-state index in [9.17, 15) is 13.5 Å². The number of aryl methyl sites for hydroxylation is 2. The molecule has 1 saturated heterocycles. The zero-order valence-corrected chi connectivity index (χ0v) is 23.6. The highest BCUT2D eigenvalue weighted by molar-refractivity contribution is 7.91. The van der Waals surface area contributed by atoms with Gasteiger partial charge in [-0.1, -0.05) is 42.6 Å². The summed E-state index contributed by atoms with van der Waals surface area (Å²) in [5, 5.41) is 11.6. The van der Waals surface area contributed by atoms with Gasteiger partial charge in [-0.15, -0.1) is 0 Å². The maximum absolute atomic E-state index is 12.3. The molecule has 0 spiro atoms. The Morgan fingerprint density at radius 2 is 1.61 bits per heavy atom. The standard InChI is InChI=1S/C30H42ClNO3S/c1-22(2)36(34,35)21-25-6-4-24(5-7-25)8-9-26-10-15-29(20-23(26)3)32-18-16-30(33,17-19-32)27-11-13-28(31)14-12-27/h10-15,20,22,24-25,33H,4-9,16-19,21H2,1-3H3. The maximum atomic E-state index is 12.3. The Labute approximate surface area is 223 Å². The van der Waals surface area contributed by atoms with Gasteiger partial charge in [0.25, 0.3) is 0 Å². The van der Waals surface area contributed by atoms with Gasteiger partial charge in [0.15, 0.2) is 9.84 Å². The first kappa shape index (κ1) is 27.5. The summed E-state index contributed by atoms with van der Waals surface area (Å²) in [5.74, 6) is 1.41. The fourth-order valence-electron chi connectivity index (χ4n) is 5.91. The van der Waals surface area contributed by atoms with Gasteiger partial charge in [0.1, 0.15) is 0 Å². The molecular weight excluding hydrogens is 490 g/mol. The van der Waals surface area contributed by atoms with Crippen molar-refractivity contribution in [3.8, 4) is 0 Å². The van der Waals surface area contributed by atoms with Gasteiger partial charge in [0, 0.05) is 23.8 Å². The van der Waals surface area contributed by atoms with Crippen LogP contribution in [0.4, 0.5) is 5.69 Å². The van der Waals surface area contributed by atoms with Crippen molar-refractivity contribution >= 4 is 27.1 Å². The van der Waals surface area contributed by atoms with E-state index in [1.54, 1.807) is 13.8 Å². The maximum Gasteiger partial charge on any atom is 0.152 e. The molecule has 0 radical (unpaired) electrons. The van der Waals surface area contributed by atoms with E-state index in [4.69, 9.17) is 11.6 Å². The second-order valence-electron chi connectivity index (χ2n) is 11.4. The van der Waals surface area contributed by atoms with Gasteiger partial charge < -0.3 is 10.0 Å². The van der Waals surface area contributed by atoms with E-state index in [0.717, 1.165) is 50.8 Å². The molecule has 2 aliphatic rings. The van der Waals surface area contributed by atoms with E-state index in [1.165, 1.54) is 23.2 Å². The van der Waals surface area contributed by atoms with Gasteiger partial charge in [-0.2, -0.15) is 0 Å². The van der Waals surface area contributed by atoms with Crippen LogP contribution in [0.1, 0.15) is 75.5 Å². The number of rotatable bonds is 8. The molecule has 1 aliphatic heterocycles. The Kier molecular flexibility index (Phi) is 8.74. The number of anilines is 1. The van der Waals surface area contributed by atoms with Crippen molar-refractivity contribution in [3.63, 3.8) is 0 Å². The summed E-state index contributed by atoms with van der Waals surface area (Å²) in [5.41, 5.74) is 4.16. The molecule has 1 heterocycles. The molecule has 2 aromatic carbocycles. The summed E-state index contributed by atoms with van der Waals surface area (Å²) in [7, 11) is -2.93. The van der Waals surface area contributed by atoms with E-state index < -0.39 is 15.4 Å². The second-order valence-corrected chi connectivity index (χ2v) is 14.5. The molecule has 2 fully saturated rings. The summed E-state index contributed by atoms with van der Waals surface area (Å²) >= 11 is 6.02. The number of hydrogen-bond donors (Lipinski definition) is 1. The monoisotopic (exact) mass is 531 g/mol. The number of nitrogens with zero attached hydrogens (tertiary/aromatic N) is 1. The molecule has 0 unspecified atom stereocenters. The van der Waals surface area contributed by atoms with Crippen LogP contribution >= 0.6 is 11.6 Å². The van der Waals surface area contributed by atoms with E-state index in [-0.39, 0.29) is 5.25 Å². The van der Waals surface area contributed by atoms with E-state index in [0.29, 0.717) is 35.5 Å². The highest BCUT2D eigenvalue weighted by Gasteiger charge is 2.34. The molecule has 1 N–H and O–H groups in total. The number of hydrogen-bond acceptors (Lipinski definition) is 4. The topological polar surface area (TPSA) is 57.6 Å². The largest absolute Gasteiger partial charge is 0.385 e. The average Bonchev–Trinajstić information content (AvgIpc) is 2.85. The minimum Gasteiger partial charge on any atom is -0.385 e. The summed E-state index contributed by atoms with van der Waals surface area (Å²) in [6.45, 7) is 7.45. The van der Waals surface area contributed by atoms with E-state index >= 15 is 0 Å². The zero-order valence-electron chi connectivity index (χ0n) is 22.0. The third-order valence-corrected chi connectivity index (χ3v) is 11.3. The van der Waals surface area contributed by atoms with Gasteiger partial charge in [-0.3, -0.25) is 0 Å². The minimum absolute atomic E-state index is 0.263. The Hall–Kier alpha value is -1.56. The smallest absolute Gasteiger partial charge is 0.152 e. The molecule has 198 valence electrons. The fraction of sp³-hybridized carbons (Fsp3) is 0.600. The summed E-state index contributed by atoms with van der Waals surface area (Å²) in [6.07, 6.45) is 8.08. The quantitative estimate of drug-likeness (QED) is 0.412. The van der Waals surface area contributed by atoms with Crippen LogP contribution < -0.4 is 4.90 Å². The van der Waals surface area contributed by atoms with Crippen molar-refractivity contribution in [2.24, 2.45) is 11.8 Å². The third kappa shape index (κ3) is 6.65. The van der Waals surface area contributed by atoms with Crippen LogP contribution in [0, 0.1) is 18.8 Å². The van der Waals surface area contributed by atoms with Crippen LogP contribution in [-0.2, 0) is 21.9 Å². The highest BCUT2D eigenvalue weighted by Crippen LogP contribution is 2.36. The van der Waals surface area contributed by atoms with Crippen molar-refractivity contribution in [2.75, 3.05) is 23.7 Å². The minimum atomic E-state index is -2.93. The van der Waals surface area contributed by atoms with Crippen molar-refractivity contribution in [2.45, 2.75) is 83.0 Å². The predicted octanol–water partition coefficient (Wildman–Crippen LogP) is 6.70. The fourth-order valence-corrected chi connectivity index (χ4v) is 7.41. The lowest BCUT2D eigenvalue weighted by molar-refractivity contribution is 0.0118. The molecular formula is C30H42ClNO3S. The highest BCUT2D eigenvalue weighted by atomic mass is 35.5. The number of sulfone groups is 1. The van der Waals surface area contributed by atoms with Crippen LogP contribution in [0.5, 0.6) is 0 Å². The van der Waals surface area contributed by atoms with Crippen LogP contribution in [0.3, 0.4) is 0 Å². The number of piperidine rings is 1. The predicted molar refractivity (Wildman–Crippen MR) is 151 cm³/mol. The van der Waals surface area contributed by atoms with E-state index in [1.807, 2.05) is 24.3 Å². The molecule has 1 saturated carbocycles. The van der Waals surface area contributed by atoms with Crippen molar-refractivity contribution in [1.82, 2.24) is 0 Å². The SMILES string of the molecule is Cc1cc(N2CCC(O)(c3ccc(Cl)cc3)CC2)ccc1CCC1CCC(CS(=O)(=O)C(C)C)CC1. The summed E-state index contributed by atoms with van der Waals surface area (Å²) in [4.78, 5) is 2.38. The third-order valence-electron chi connectivity index (χ3n) is 8.64. The van der Waals surface area contributed by atoms with Crippen LogP contribution in [0.2, 0.25) is 5.02 Å². The molecule has 0 atom stereocenters. The van der Waals surface area contributed by atoms with Crippen molar-refractivity contribution in [3.05, 3.63) is 64.2 Å². The van der Waals surface area contributed by atoms with Gasteiger partial charge >= 0.3 is 0 Å². The lowest BCUT2D eigenvalue weighted by atomic mass is 9.80. The Morgan fingerprint density at radius 3 is 2.19 bits per heavy atom. The molecule has 0 aromatic heterocycles. The summed E-state index contributed by atoms with van der Waals surface area (Å²) in [6, 6.07) is 14.4. The van der Waals surface area contributed by atoms with Crippen LogP contribution in [-0.4, -0.2) is 37.6 Å². The molecule has 1 aliphatic carbocycles. The normalized spacial score (nSPS) is 22.7. The second kappa shape index (κ2) is 11.4. The molecule has 4 rings (SSSR count).